The minimum absolute atomic E-state index is 0.0349. The summed E-state index contributed by atoms with van der Waals surface area (Å²) in [5, 5.41) is 3.62. The van der Waals surface area contributed by atoms with E-state index in [-0.39, 0.29) is 23.8 Å². The summed E-state index contributed by atoms with van der Waals surface area (Å²) in [5.74, 6) is -0.643. The number of nitrogens with one attached hydrogen (secondary N) is 1. The van der Waals surface area contributed by atoms with Crippen LogP contribution in [0.5, 0.6) is 0 Å². The first-order chi connectivity index (χ1) is 8.52. The summed E-state index contributed by atoms with van der Waals surface area (Å²) in [5.41, 5.74) is 0.850. The van der Waals surface area contributed by atoms with Crippen LogP contribution in [0.2, 0.25) is 10.0 Å². The number of carbonyl (C=O) groups is 2. The van der Waals surface area contributed by atoms with Crippen molar-refractivity contribution in [3.05, 3.63) is 27.7 Å². The Morgan fingerprint density at radius 2 is 2.22 bits per heavy atom. The topological polar surface area (TPSA) is 55.4 Å². The van der Waals surface area contributed by atoms with Gasteiger partial charge in [0.1, 0.15) is 6.04 Å². The number of esters is 1. The van der Waals surface area contributed by atoms with Gasteiger partial charge in [-0.3, -0.25) is 4.79 Å². The Morgan fingerprint density at radius 1 is 1.50 bits per heavy atom. The first kappa shape index (κ1) is 13.2. The maximum atomic E-state index is 12.0. The fourth-order valence-corrected chi connectivity index (χ4v) is 2.48. The normalized spacial score (nSPS) is 17.9. The highest BCUT2D eigenvalue weighted by Gasteiger charge is 2.32. The van der Waals surface area contributed by atoms with Crippen molar-refractivity contribution in [2.75, 3.05) is 11.9 Å². The van der Waals surface area contributed by atoms with Crippen LogP contribution in [0, 0.1) is 0 Å². The largest absolute Gasteiger partial charge is 0.464 e. The summed E-state index contributed by atoms with van der Waals surface area (Å²) in [7, 11) is 0. The number of hydrogen-bond acceptors (Lipinski definition) is 4. The molecule has 0 fully saturated rings. The van der Waals surface area contributed by atoms with Crippen LogP contribution < -0.4 is 5.32 Å². The number of Topliss-reactive ketones (excluding diaryl/α,β-unsaturated/α-hetero) is 1. The quantitative estimate of drug-likeness (QED) is 0.850. The van der Waals surface area contributed by atoms with Crippen LogP contribution in [0.15, 0.2) is 12.1 Å². The molecular formula is C12H11Cl2NO3. The third-order valence-corrected chi connectivity index (χ3v) is 3.14. The zero-order valence-corrected chi connectivity index (χ0v) is 11.1. The minimum Gasteiger partial charge on any atom is -0.464 e. The van der Waals surface area contributed by atoms with E-state index in [1.54, 1.807) is 13.0 Å². The molecule has 1 atom stereocenters. The van der Waals surface area contributed by atoms with E-state index >= 15 is 0 Å². The van der Waals surface area contributed by atoms with Crippen LogP contribution >= 0.6 is 23.2 Å². The highest BCUT2D eigenvalue weighted by molar-refractivity contribution is 6.38. The Hall–Kier alpha value is -1.26. The number of carbonyl (C=O) groups excluding carboxylic acids is 2. The number of ketones is 1. The van der Waals surface area contributed by atoms with Gasteiger partial charge in [-0.2, -0.15) is 0 Å². The van der Waals surface area contributed by atoms with E-state index < -0.39 is 12.0 Å². The molecule has 96 valence electrons. The minimum atomic E-state index is -0.681. The van der Waals surface area contributed by atoms with Crippen LogP contribution in [0.4, 0.5) is 5.69 Å². The van der Waals surface area contributed by atoms with Crippen molar-refractivity contribution in [3.8, 4) is 0 Å². The predicted octanol–water partition coefficient (Wildman–Crippen LogP) is 2.92. The van der Waals surface area contributed by atoms with Gasteiger partial charge in [0.05, 0.1) is 17.2 Å². The first-order valence-electron chi connectivity index (χ1n) is 5.48. The molecular weight excluding hydrogens is 277 g/mol. The lowest BCUT2D eigenvalue weighted by Crippen LogP contribution is -2.37. The number of fused-ring (bicyclic) bond motifs is 1. The van der Waals surface area contributed by atoms with Crippen molar-refractivity contribution in [2.45, 2.75) is 19.4 Å². The van der Waals surface area contributed by atoms with E-state index in [1.165, 1.54) is 6.07 Å². The van der Waals surface area contributed by atoms with Gasteiger partial charge in [-0.05, 0) is 19.1 Å². The monoisotopic (exact) mass is 287 g/mol. The summed E-state index contributed by atoms with van der Waals surface area (Å²) in [4.78, 5) is 23.6. The van der Waals surface area contributed by atoms with Gasteiger partial charge >= 0.3 is 5.97 Å². The van der Waals surface area contributed by atoms with Crippen molar-refractivity contribution in [2.24, 2.45) is 0 Å². The number of halogens is 2. The zero-order valence-electron chi connectivity index (χ0n) is 9.63. The molecule has 0 spiro atoms. The second-order valence-electron chi connectivity index (χ2n) is 3.89. The van der Waals surface area contributed by atoms with E-state index in [4.69, 9.17) is 27.9 Å². The van der Waals surface area contributed by atoms with Crippen molar-refractivity contribution >= 4 is 40.6 Å². The fraction of sp³-hybridized carbons (Fsp3) is 0.333. The molecule has 2 rings (SSSR count). The van der Waals surface area contributed by atoms with Gasteiger partial charge in [0.2, 0.25) is 0 Å². The van der Waals surface area contributed by atoms with Crippen LogP contribution in [0.25, 0.3) is 0 Å². The Morgan fingerprint density at radius 3 is 2.89 bits per heavy atom. The number of benzene rings is 1. The van der Waals surface area contributed by atoms with Gasteiger partial charge in [-0.25, -0.2) is 4.79 Å². The second-order valence-corrected chi connectivity index (χ2v) is 4.73. The number of ether oxygens (including phenoxy) is 1. The van der Waals surface area contributed by atoms with E-state index in [2.05, 4.69) is 5.32 Å². The van der Waals surface area contributed by atoms with E-state index in [9.17, 15) is 9.59 Å². The lowest BCUT2D eigenvalue weighted by Gasteiger charge is -2.25. The highest BCUT2D eigenvalue weighted by Crippen LogP contribution is 2.34. The van der Waals surface area contributed by atoms with Crippen LogP contribution in [0.1, 0.15) is 23.7 Å². The lowest BCUT2D eigenvalue weighted by atomic mass is 9.96. The molecule has 0 aromatic heterocycles. The molecule has 0 amide bonds. The highest BCUT2D eigenvalue weighted by atomic mass is 35.5. The van der Waals surface area contributed by atoms with E-state index in [1.807, 2.05) is 0 Å². The Labute approximate surface area is 114 Å². The SMILES string of the molecule is CCOC(=O)[C@H]1CC(=O)c2c(Cl)cc(Cl)cc2N1. The molecule has 0 bridgehead atoms. The molecule has 0 aliphatic carbocycles. The maximum Gasteiger partial charge on any atom is 0.329 e. The molecule has 1 aliphatic heterocycles. The van der Waals surface area contributed by atoms with Crippen LogP contribution in [-0.4, -0.2) is 24.4 Å². The molecule has 0 unspecified atom stereocenters. The number of rotatable bonds is 2. The van der Waals surface area contributed by atoms with Gasteiger partial charge in [0.15, 0.2) is 5.78 Å². The van der Waals surface area contributed by atoms with Gasteiger partial charge in [-0.15, -0.1) is 0 Å². The molecule has 0 radical (unpaired) electrons. The molecule has 0 saturated heterocycles. The van der Waals surface area contributed by atoms with Crippen molar-refractivity contribution < 1.29 is 14.3 Å². The van der Waals surface area contributed by atoms with Crippen molar-refractivity contribution in [1.29, 1.82) is 0 Å². The van der Waals surface area contributed by atoms with Crippen molar-refractivity contribution in [3.63, 3.8) is 0 Å². The Balaban J connectivity index is 2.34. The molecule has 0 saturated carbocycles. The molecule has 1 aromatic rings. The van der Waals surface area contributed by atoms with Gasteiger partial charge < -0.3 is 10.1 Å². The third kappa shape index (κ3) is 2.44. The smallest absolute Gasteiger partial charge is 0.329 e. The standard InChI is InChI=1S/C12H11Cl2NO3/c1-2-18-12(17)9-5-10(16)11-7(14)3-6(13)4-8(11)15-9/h3-4,9,15H,2,5H2,1H3/t9-/m1/s1. The molecule has 1 N–H and O–H groups in total. The predicted molar refractivity (Wildman–Crippen MR) is 69.5 cm³/mol. The molecule has 1 aliphatic rings. The number of anilines is 1. The first-order valence-corrected chi connectivity index (χ1v) is 6.24. The molecule has 6 heteroatoms. The fourth-order valence-electron chi connectivity index (χ4n) is 1.88. The van der Waals surface area contributed by atoms with Crippen LogP contribution in [0.3, 0.4) is 0 Å². The molecule has 1 aromatic carbocycles. The summed E-state index contributed by atoms with van der Waals surface area (Å²) >= 11 is 11.8. The van der Waals surface area contributed by atoms with Crippen LogP contribution in [-0.2, 0) is 9.53 Å². The average molecular weight is 288 g/mol. The zero-order chi connectivity index (χ0) is 13.3. The van der Waals surface area contributed by atoms with Gasteiger partial charge in [0, 0.05) is 17.1 Å². The summed E-state index contributed by atoms with van der Waals surface area (Å²) < 4.78 is 4.89. The number of hydrogen-bond donors (Lipinski definition) is 1. The Bertz CT molecular complexity index is 516. The molecule has 4 nitrogen and oxygen atoms in total. The molecule has 1 heterocycles. The summed E-state index contributed by atoms with van der Waals surface area (Å²) in [6.07, 6.45) is 0.0349. The third-order valence-electron chi connectivity index (χ3n) is 2.62. The molecule has 18 heavy (non-hydrogen) atoms. The van der Waals surface area contributed by atoms with E-state index in [0.29, 0.717) is 16.3 Å². The maximum absolute atomic E-state index is 12.0. The van der Waals surface area contributed by atoms with Gasteiger partial charge in [0.25, 0.3) is 0 Å². The van der Waals surface area contributed by atoms with E-state index in [0.717, 1.165) is 0 Å². The Kier molecular flexibility index (Phi) is 3.78. The average Bonchev–Trinajstić information content (AvgIpc) is 2.27. The van der Waals surface area contributed by atoms with Crippen molar-refractivity contribution in [1.82, 2.24) is 0 Å². The lowest BCUT2D eigenvalue weighted by molar-refractivity contribution is -0.144. The summed E-state index contributed by atoms with van der Waals surface area (Å²) in [6.45, 7) is 1.98. The summed E-state index contributed by atoms with van der Waals surface area (Å²) in [6, 6.07) is 2.40. The van der Waals surface area contributed by atoms with Gasteiger partial charge in [-0.1, -0.05) is 23.2 Å². The second kappa shape index (κ2) is 5.16.